The Morgan fingerprint density at radius 1 is 1.04 bits per heavy atom. The molecule has 5 rings (SSSR count). The number of H-pyrrole nitrogens is 1. The van der Waals surface area contributed by atoms with Gasteiger partial charge in [0.05, 0.1) is 17.6 Å². The lowest BCUT2D eigenvalue weighted by atomic mass is 10.0. The van der Waals surface area contributed by atoms with Gasteiger partial charge in [0.1, 0.15) is 18.2 Å². The lowest BCUT2D eigenvalue weighted by molar-refractivity contribution is 0.331. The molecule has 6 heteroatoms. The minimum Gasteiger partial charge on any atom is -0.491 e. The van der Waals surface area contributed by atoms with Crippen LogP contribution in [0.15, 0.2) is 54.9 Å². The van der Waals surface area contributed by atoms with Gasteiger partial charge < -0.3 is 14.6 Å². The third-order valence-corrected chi connectivity index (χ3v) is 4.81. The summed E-state index contributed by atoms with van der Waals surface area (Å²) < 4.78 is 5.95. The monoisotopic (exact) mass is 357 g/mol. The van der Waals surface area contributed by atoms with Crippen LogP contribution in [-0.4, -0.2) is 33.1 Å². The van der Waals surface area contributed by atoms with E-state index in [0.717, 1.165) is 58.3 Å². The van der Waals surface area contributed by atoms with E-state index in [1.54, 1.807) is 12.4 Å². The molecule has 3 heterocycles. The fourth-order valence-electron chi connectivity index (χ4n) is 3.52. The fourth-order valence-corrected chi connectivity index (χ4v) is 3.52. The summed E-state index contributed by atoms with van der Waals surface area (Å²) in [6, 6.07) is 14.5. The van der Waals surface area contributed by atoms with Crippen molar-refractivity contribution in [2.75, 3.05) is 18.1 Å². The second-order valence-electron chi connectivity index (χ2n) is 6.70. The number of nitrogens with one attached hydrogen (secondary N) is 1. The number of hydrogen-bond donors (Lipinski definition) is 1. The zero-order chi connectivity index (χ0) is 18.2. The first-order valence-electron chi connectivity index (χ1n) is 9.01. The molecule has 0 saturated heterocycles. The van der Waals surface area contributed by atoms with Crippen molar-refractivity contribution in [1.82, 2.24) is 19.9 Å². The van der Waals surface area contributed by atoms with Crippen molar-refractivity contribution in [3.8, 4) is 16.9 Å². The Morgan fingerprint density at radius 2 is 1.85 bits per heavy atom. The number of ether oxygens (including phenoxy) is 1. The largest absolute Gasteiger partial charge is 0.491 e. The van der Waals surface area contributed by atoms with Gasteiger partial charge in [-0.2, -0.15) is 0 Å². The lowest BCUT2D eigenvalue weighted by Crippen LogP contribution is -2.26. The first-order valence-corrected chi connectivity index (χ1v) is 9.01. The summed E-state index contributed by atoms with van der Waals surface area (Å²) in [5.41, 5.74) is 5.48. The van der Waals surface area contributed by atoms with Crippen molar-refractivity contribution in [2.24, 2.45) is 0 Å². The van der Waals surface area contributed by atoms with Crippen LogP contribution in [-0.2, 0) is 6.54 Å². The van der Waals surface area contributed by atoms with Crippen LogP contribution in [0.1, 0.15) is 11.4 Å². The molecule has 4 aromatic rings. The van der Waals surface area contributed by atoms with E-state index in [0.29, 0.717) is 6.61 Å². The van der Waals surface area contributed by atoms with Gasteiger partial charge in [-0.05, 0) is 48.4 Å². The molecule has 0 spiro atoms. The fraction of sp³-hybridized carbons (Fsp3) is 0.190. The third kappa shape index (κ3) is 2.99. The Kier molecular flexibility index (Phi) is 3.74. The number of nitrogens with zero attached hydrogens (tertiary/aromatic N) is 4. The molecule has 134 valence electrons. The molecule has 6 nitrogen and oxygen atoms in total. The van der Waals surface area contributed by atoms with Crippen molar-refractivity contribution in [3.05, 3.63) is 66.2 Å². The molecule has 0 amide bonds. The Hall–Kier alpha value is -3.41. The topological polar surface area (TPSA) is 66.9 Å². The summed E-state index contributed by atoms with van der Waals surface area (Å²) in [7, 11) is 0. The van der Waals surface area contributed by atoms with E-state index in [9.17, 15) is 0 Å². The number of imidazole rings is 1. The lowest BCUT2D eigenvalue weighted by Gasteiger charge is -2.19. The molecule has 0 aliphatic carbocycles. The van der Waals surface area contributed by atoms with Crippen LogP contribution in [0.2, 0.25) is 0 Å². The molecule has 27 heavy (non-hydrogen) atoms. The minimum atomic E-state index is 0.615. The zero-order valence-electron chi connectivity index (χ0n) is 15.0. The highest BCUT2D eigenvalue weighted by Gasteiger charge is 2.18. The molecule has 1 aliphatic rings. The van der Waals surface area contributed by atoms with Crippen LogP contribution in [0.3, 0.4) is 0 Å². The number of benzene rings is 2. The zero-order valence-corrected chi connectivity index (χ0v) is 15.0. The summed E-state index contributed by atoms with van der Waals surface area (Å²) in [4.78, 5) is 18.7. The van der Waals surface area contributed by atoms with Gasteiger partial charge in [-0.25, -0.2) is 15.0 Å². The SMILES string of the molecule is Cc1nc2ccc(-c3ccc4c(c3)CN(c3ncccn3)CCO4)cc2[nH]1. The smallest absolute Gasteiger partial charge is 0.225 e. The van der Waals surface area contributed by atoms with Crippen molar-refractivity contribution in [1.29, 1.82) is 0 Å². The predicted molar refractivity (Wildman–Crippen MR) is 105 cm³/mol. The predicted octanol–water partition coefficient (Wildman–Crippen LogP) is 3.73. The molecule has 2 aromatic heterocycles. The van der Waals surface area contributed by atoms with Crippen molar-refractivity contribution in [3.63, 3.8) is 0 Å². The molecule has 0 bridgehead atoms. The molecular formula is C21H19N5O. The Bertz CT molecular complexity index is 1110. The highest BCUT2D eigenvalue weighted by molar-refractivity contribution is 5.82. The summed E-state index contributed by atoms with van der Waals surface area (Å²) >= 11 is 0. The summed E-state index contributed by atoms with van der Waals surface area (Å²) in [6.07, 6.45) is 3.54. The second-order valence-corrected chi connectivity index (χ2v) is 6.70. The summed E-state index contributed by atoms with van der Waals surface area (Å²) in [5.74, 6) is 2.58. The van der Waals surface area contributed by atoms with Gasteiger partial charge in [-0.15, -0.1) is 0 Å². The number of rotatable bonds is 2. The molecule has 1 N–H and O–H groups in total. The first-order chi connectivity index (χ1) is 13.3. The molecule has 0 radical (unpaired) electrons. The number of anilines is 1. The van der Waals surface area contributed by atoms with E-state index in [1.807, 2.05) is 13.0 Å². The number of aromatic nitrogens is 4. The van der Waals surface area contributed by atoms with E-state index >= 15 is 0 Å². The van der Waals surface area contributed by atoms with Gasteiger partial charge >= 0.3 is 0 Å². The normalized spacial score (nSPS) is 13.9. The van der Waals surface area contributed by atoms with Crippen LogP contribution in [0.5, 0.6) is 5.75 Å². The van der Waals surface area contributed by atoms with Crippen molar-refractivity contribution in [2.45, 2.75) is 13.5 Å². The highest BCUT2D eigenvalue weighted by atomic mass is 16.5. The van der Waals surface area contributed by atoms with E-state index in [1.165, 1.54) is 0 Å². The van der Waals surface area contributed by atoms with E-state index in [-0.39, 0.29) is 0 Å². The van der Waals surface area contributed by atoms with Crippen LogP contribution in [0, 0.1) is 6.92 Å². The second kappa shape index (κ2) is 6.39. The van der Waals surface area contributed by atoms with Gasteiger partial charge in [-0.3, -0.25) is 0 Å². The van der Waals surface area contributed by atoms with Crippen molar-refractivity contribution >= 4 is 17.0 Å². The minimum absolute atomic E-state index is 0.615. The molecule has 0 saturated carbocycles. The Morgan fingerprint density at radius 3 is 2.74 bits per heavy atom. The number of aryl methyl sites for hydroxylation is 1. The Balaban J connectivity index is 1.52. The molecule has 1 aliphatic heterocycles. The molecule has 0 fully saturated rings. The van der Waals surface area contributed by atoms with Gasteiger partial charge in [0.2, 0.25) is 5.95 Å². The van der Waals surface area contributed by atoms with Gasteiger partial charge in [0.25, 0.3) is 0 Å². The maximum absolute atomic E-state index is 5.95. The number of hydrogen-bond acceptors (Lipinski definition) is 5. The third-order valence-electron chi connectivity index (χ3n) is 4.81. The maximum atomic E-state index is 5.95. The van der Waals surface area contributed by atoms with Gasteiger partial charge in [-0.1, -0.05) is 12.1 Å². The summed E-state index contributed by atoms with van der Waals surface area (Å²) in [6.45, 7) is 4.07. The van der Waals surface area contributed by atoms with E-state index in [4.69, 9.17) is 4.74 Å². The maximum Gasteiger partial charge on any atom is 0.225 e. The van der Waals surface area contributed by atoms with Crippen molar-refractivity contribution < 1.29 is 4.74 Å². The average molecular weight is 357 g/mol. The van der Waals surface area contributed by atoms with Gasteiger partial charge in [0, 0.05) is 24.5 Å². The van der Waals surface area contributed by atoms with E-state index < -0.39 is 0 Å². The van der Waals surface area contributed by atoms with Crippen LogP contribution in [0.25, 0.3) is 22.2 Å². The number of aromatic amines is 1. The quantitative estimate of drug-likeness (QED) is 0.592. The summed E-state index contributed by atoms with van der Waals surface area (Å²) in [5, 5.41) is 0. The standard InChI is InChI=1S/C21H19N5O/c1-14-24-18-5-3-16(12-19(18)25-14)15-4-6-20-17(11-15)13-26(9-10-27-20)21-22-7-2-8-23-21/h2-8,11-12H,9-10,13H2,1H3,(H,24,25). The molecular weight excluding hydrogens is 338 g/mol. The molecule has 0 atom stereocenters. The van der Waals surface area contributed by atoms with Crippen LogP contribution in [0.4, 0.5) is 5.95 Å². The van der Waals surface area contributed by atoms with Crippen LogP contribution >= 0.6 is 0 Å². The van der Waals surface area contributed by atoms with Gasteiger partial charge in [0.15, 0.2) is 0 Å². The number of fused-ring (bicyclic) bond motifs is 2. The average Bonchev–Trinajstić information content (AvgIpc) is 2.94. The van der Waals surface area contributed by atoms with E-state index in [2.05, 4.69) is 61.2 Å². The molecule has 0 unspecified atom stereocenters. The Labute approximate surface area is 156 Å². The highest BCUT2D eigenvalue weighted by Crippen LogP contribution is 2.31. The molecule has 2 aromatic carbocycles. The van der Waals surface area contributed by atoms with Crippen LogP contribution < -0.4 is 9.64 Å². The first kappa shape index (κ1) is 15.8.